The Bertz CT molecular complexity index is 837. The van der Waals surface area contributed by atoms with Crippen molar-refractivity contribution in [2.75, 3.05) is 17.7 Å². The smallest absolute Gasteiger partial charge is 0.338 e. The van der Waals surface area contributed by atoms with Gasteiger partial charge >= 0.3 is 5.97 Å². The predicted molar refractivity (Wildman–Crippen MR) is 98.2 cm³/mol. The molecule has 2 rings (SSSR count). The Morgan fingerprint density at radius 3 is 2.64 bits per heavy atom. The molecule has 0 aliphatic rings. The highest BCUT2D eigenvalue weighted by atomic mass is 35.5. The average molecular weight is 395 g/mol. The van der Waals surface area contributed by atoms with Gasteiger partial charge in [-0.05, 0) is 30.3 Å². The Kier molecular flexibility index (Phi) is 7.14. The van der Waals surface area contributed by atoms with Crippen molar-refractivity contribution in [1.29, 1.82) is 5.26 Å². The summed E-state index contributed by atoms with van der Waals surface area (Å²) in [6.45, 7) is -0.448. The van der Waals surface area contributed by atoms with Crippen molar-refractivity contribution >= 4 is 52.5 Å². The molecule has 0 aromatic heterocycles. The molecule has 25 heavy (non-hydrogen) atoms. The van der Waals surface area contributed by atoms with Gasteiger partial charge in [-0.2, -0.15) is 5.26 Å². The Morgan fingerprint density at radius 2 is 1.92 bits per heavy atom. The molecule has 0 fully saturated rings. The van der Waals surface area contributed by atoms with E-state index in [4.69, 9.17) is 33.2 Å². The van der Waals surface area contributed by atoms with Crippen LogP contribution in [0.25, 0.3) is 0 Å². The maximum Gasteiger partial charge on any atom is 0.338 e. The number of esters is 1. The van der Waals surface area contributed by atoms with Crippen LogP contribution in [0.15, 0.2) is 47.4 Å². The number of rotatable bonds is 6. The highest BCUT2D eigenvalue weighted by Gasteiger charge is 2.13. The van der Waals surface area contributed by atoms with Gasteiger partial charge in [0.25, 0.3) is 5.91 Å². The van der Waals surface area contributed by atoms with Gasteiger partial charge in [-0.1, -0.05) is 35.3 Å². The minimum absolute atomic E-state index is 0.201. The number of hydrogen-bond donors (Lipinski definition) is 1. The molecule has 0 unspecified atom stereocenters. The molecule has 5 nitrogen and oxygen atoms in total. The molecule has 0 saturated heterocycles. The van der Waals surface area contributed by atoms with Gasteiger partial charge in [-0.3, -0.25) is 4.79 Å². The SMILES string of the molecule is N#CCSc1ccccc1NC(=O)COC(=O)c1ccc(Cl)c(Cl)c1. The fraction of sp³-hybridized carbons (Fsp3) is 0.118. The first-order valence-corrected chi connectivity index (χ1v) is 8.76. The zero-order valence-electron chi connectivity index (χ0n) is 12.8. The molecule has 0 saturated carbocycles. The first-order valence-electron chi connectivity index (χ1n) is 7.02. The number of anilines is 1. The van der Waals surface area contributed by atoms with Crippen molar-refractivity contribution in [1.82, 2.24) is 0 Å². The first kappa shape index (κ1) is 19.1. The van der Waals surface area contributed by atoms with Crippen LogP contribution in [0, 0.1) is 11.3 Å². The van der Waals surface area contributed by atoms with Gasteiger partial charge in [0.1, 0.15) is 0 Å². The molecule has 0 bridgehead atoms. The van der Waals surface area contributed by atoms with E-state index in [0.29, 0.717) is 10.7 Å². The molecule has 1 amide bonds. The van der Waals surface area contributed by atoms with Crippen molar-refractivity contribution in [3.63, 3.8) is 0 Å². The highest BCUT2D eigenvalue weighted by molar-refractivity contribution is 7.99. The van der Waals surface area contributed by atoms with Gasteiger partial charge in [-0.25, -0.2) is 4.79 Å². The Morgan fingerprint density at radius 1 is 1.16 bits per heavy atom. The minimum atomic E-state index is -0.680. The summed E-state index contributed by atoms with van der Waals surface area (Å²) in [7, 11) is 0. The number of halogens is 2. The van der Waals surface area contributed by atoms with Crippen LogP contribution in [0.1, 0.15) is 10.4 Å². The number of nitrogens with one attached hydrogen (secondary N) is 1. The van der Waals surface area contributed by atoms with E-state index in [1.54, 1.807) is 24.3 Å². The van der Waals surface area contributed by atoms with Crippen LogP contribution < -0.4 is 5.32 Å². The van der Waals surface area contributed by atoms with Crippen LogP contribution in [0.2, 0.25) is 10.0 Å². The lowest BCUT2D eigenvalue weighted by atomic mass is 10.2. The molecule has 1 N–H and O–H groups in total. The molecule has 2 aromatic carbocycles. The molecule has 0 radical (unpaired) electrons. The summed E-state index contributed by atoms with van der Waals surface area (Å²) in [6.07, 6.45) is 0. The van der Waals surface area contributed by atoms with Crippen LogP contribution in [-0.2, 0) is 9.53 Å². The topological polar surface area (TPSA) is 79.2 Å². The van der Waals surface area contributed by atoms with Crippen LogP contribution >= 0.6 is 35.0 Å². The number of nitrogens with zero attached hydrogens (tertiary/aromatic N) is 1. The summed E-state index contributed by atoms with van der Waals surface area (Å²) in [5.74, 6) is -0.904. The summed E-state index contributed by atoms with van der Waals surface area (Å²) in [4.78, 5) is 24.7. The molecular weight excluding hydrogens is 383 g/mol. The normalized spacial score (nSPS) is 9.96. The average Bonchev–Trinajstić information content (AvgIpc) is 2.61. The van der Waals surface area contributed by atoms with Crippen molar-refractivity contribution < 1.29 is 14.3 Å². The maximum atomic E-state index is 12.0. The van der Waals surface area contributed by atoms with Gasteiger partial charge in [-0.15, -0.1) is 11.8 Å². The van der Waals surface area contributed by atoms with E-state index < -0.39 is 18.5 Å². The van der Waals surface area contributed by atoms with E-state index in [2.05, 4.69) is 5.32 Å². The Hall–Kier alpha value is -2.20. The van der Waals surface area contributed by atoms with Gasteiger partial charge in [0.05, 0.1) is 33.1 Å². The fourth-order valence-corrected chi connectivity index (χ4v) is 2.80. The summed E-state index contributed by atoms with van der Waals surface area (Å²) >= 11 is 12.9. The van der Waals surface area contributed by atoms with E-state index in [1.807, 2.05) is 6.07 Å². The van der Waals surface area contributed by atoms with Crippen LogP contribution in [-0.4, -0.2) is 24.2 Å². The van der Waals surface area contributed by atoms with E-state index in [9.17, 15) is 9.59 Å². The third kappa shape index (κ3) is 5.68. The van der Waals surface area contributed by atoms with Gasteiger partial charge in [0.15, 0.2) is 6.61 Å². The van der Waals surface area contributed by atoms with Crippen molar-refractivity contribution in [3.8, 4) is 6.07 Å². The second-order valence-electron chi connectivity index (χ2n) is 4.70. The molecule has 0 heterocycles. The van der Waals surface area contributed by atoms with Crippen molar-refractivity contribution in [3.05, 3.63) is 58.1 Å². The summed E-state index contributed by atoms with van der Waals surface area (Å²) in [6, 6.07) is 13.4. The molecule has 128 valence electrons. The fourth-order valence-electron chi connectivity index (χ4n) is 1.83. The van der Waals surface area contributed by atoms with Crippen LogP contribution in [0.4, 0.5) is 5.69 Å². The number of thioether (sulfide) groups is 1. The second kappa shape index (κ2) is 9.33. The lowest BCUT2D eigenvalue weighted by molar-refractivity contribution is -0.119. The number of hydrogen-bond acceptors (Lipinski definition) is 5. The number of carbonyl (C=O) groups excluding carboxylic acids is 2. The minimum Gasteiger partial charge on any atom is -0.452 e. The van der Waals surface area contributed by atoms with Crippen molar-refractivity contribution in [2.24, 2.45) is 0 Å². The molecule has 0 aliphatic heterocycles. The second-order valence-corrected chi connectivity index (χ2v) is 6.53. The predicted octanol–water partition coefficient (Wildman–Crippen LogP) is 4.40. The largest absolute Gasteiger partial charge is 0.452 e. The molecular formula is C17H12Cl2N2O3S. The lowest BCUT2D eigenvalue weighted by Crippen LogP contribution is -2.21. The number of nitriles is 1. The van der Waals surface area contributed by atoms with Crippen molar-refractivity contribution in [2.45, 2.75) is 4.90 Å². The number of para-hydroxylation sites is 1. The van der Waals surface area contributed by atoms with E-state index in [0.717, 1.165) is 4.90 Å². The Balaban J connectivity index is 1.93. The highest BCUT2D eigenvalue weighted by Crippen LogP contribution is 2.26. The standard InChI is InChI=1S/C17H12Cl2N2O3S/c18-12-6-5-11(9-13(12)19)17(23)24-10-16(22)21-14-3-1-2-4-15(14)25-8-7-20/h1-6,9H,8,10H2,(H,21,22). The third-order valence-electron chi connectivity index (χ3n) is 2.94. The van der Waals surface area contributed by atoms with Crippen LogP contribution in [0.3, 0.4) is 0 Å². The number of benzene rings is 2. The third-order valence-corrected chi connectivity index (χ3v) is 4.62. The summed E-state index contributed by atoms with van der Waals surface area (Å²) in [5, 5.41) is 11.9. The van der Waals surface area contributed by atoms with Gasteiger partial charge in [0.2, 0.25) is 0 Å². The van der Waals surface area contributed by atoms with E-state index in [-0.39, 0.29) is 16.3 Å². The molecule has 8 heteroatoms. The van der Waals surface area contributed by atoms with E-state index >= 15 is 0 Å². The zero-order valence-corrected chi connectivity index (χ0v) is 15.1. The maximum absolute atomic E-state index is 12.0. The molecule has 0 atom stereocenters. The zero-order chi connectivity index (χ0) is 18.2. The number of ether oxygens (including phenoxy) is 1. The molecule has 2 aromatic rings. The number of carbonyl (C=O) groups is 2. The number of amides is 1. The molecule has 0 aliphatic carbocycles. The summed E-state index contributed by atoms with van der Waals surface area (Å²) < 4.78 is 4.97. The summed E-state index contributed by atoms with van der Waals surface area (Å²) in [5.41, 5.74) is 0.755. The molecule has 0 spiro atoms. The van der Waals surface area contributed by atoms with Gasteiger partial charge in [0, 0.05) is 4.90 Å². The van der Waals surface area contributed by atoms with Crippen LogP contribution in [0.5, 0.6) is 0 Å². The Labute approximate surface area is 158 Å². The van der Waals surface area contributed by atoms with E-state index in [1.165, 1.54) is 30.0 Å². The monoisotopic (exact) mass is 394 g/mol. The first-order chi connectivity index (χ1) is 12.0. The van der Waals surface area contributed by atoms with Gasteiger partial charge < -0.3 is 10.1 Å². The quantitative estimate of drug-likeness (QED) is 0.579. The lowest BCUT2D eigenvalue weighted by Gasteiger charge is -2.10.